The van der Waals surface area contributed by atoms with Gasteiger partial charge in [0.1, 0.15) is 0 Å². The predicted molar refractivity (Wildman–Crippen MR) is 118 cm³/mol. The number of Topliss-reactive ketones (excluding diaryl/α,β-unsaturated/α-hetero) is 1. The molecule has 0 heterocycles. The second-order valence-corrected chi connectivity index (χ2v) is 8.76. The molecule has 164 valence electrons. The number of rotatable bonds is 14. The Morgan fingerprint density at radius 2 is 1.55 bits per heavy atom. The van der Waals surface area contributed by atoms with E-state index in [-0.39, 0.29) is 35.3 Å². The van der Waals surface area contributed by atoms with Crippen LogP contribution in [0.15, 0.2) is 18.2 Å². The molecule has 0 unspecified atom stereocenters. The molecule has 29 heavy (non-hydrogen) atoms. The van der Waals surface area contributed by atoms with Gasteiger partial charge < -0.3 is 15.2 Å². The van der Waals surface area contributed by atoms with E-state index in [2.05, 4.69) is 12.2 Å². The molecule has 5 nitrogen and oxygen atoms in total. The van der Waals surface area contributed by atoms with Crippen LogP contribution in [0.1, 0.15) is 102 Å². The Bertz CT molecular complexity index is 634. The zero-order chi connectivity index (χ0) is 21.7. The summed E-state index contributed by atoms with van der Waals surface area (Å²) in [6.07, 6.45) is 11.0. The Labute approximate surface area is 176 Å². The van der Waals surface area contributed by atoms with E-state index in [9.17, 15) is 14.7 Å². The molecule has 0 aliphatic heterocycles. The smallest absolute Gasteiger partial charge is 0.311 e. The van der Waals surface area contributed by atoms with Crippen molar-refractivity contribution in [3.05, 3.63) is 23.8 Å². The molecule has 0 atom stereocenters. The van der Waals surface area contributed by atoms with Crippen molar-refractivity contribution in [2.45, 2.75) is 97.4 Å². The summed E-state index contributed by atoms with van der Waals surface area (Å²) in [6, 6.07) is 4.41. The predicted octanol–water partition coefficient (Wildman–Crippen LogP) is 5.79. The third-order valence-electron chi connectivity index (χ3n) is 4.77. The molecular formula is C24H39NO4. The van der Waals surface area contributed by atoms with Crippen molar-refractivity contribution in [1.82, 2.24) is 5.32 Å². The first-order chi connectivity index (χ1) is 13.7. The van der Waals surface area contributed by atoms with E-state index in [4.69, 9.17) is 4.74 Å². The van der Waals surface area contributed by atoms with Gasteiger partial charge in [0, 0.05) is 17.5 Å². The Kier molecular flexibility index (Phi) is 11.6. The fourth-order valence-electron chi connectivity index (χ4n) is 2.98. The van der Waals surface area contributed by atoms with Crippen molar-refractivity contribution in [2.75, 3.05) is 6.54 Å². The summed E-state index contributed by atoms with van der Waals surface area (Å²) in [7, 11) is 0. The third-order valence-corrected chi connectivity index (χ3v) is 4.77. The number of carbonyl (C=O) groups is 2. The first-order valence-corrected chi connectivity index (χ1v) is 11.0. The SMILES string of the molecule is CCCCCCCCCCCC(=O)Oc1ccc(C(=O)CNC(C)(C)C)cc1O. The number of ether oxygens (including phenoxy) is 1. The summed E-state index contributed by atoms with van der Waals surface area (Å²) >= 11 is 0. The average Bonchev–Trinajstić information content (AvgIpc) is 2.65. The van der Waals surface area contributed by atoms with Gasteiger partial charge in [-0.05, 0) is 45.4 Å². The number of carbonyl (C=O) groups excluding carboxylic acids is 2. The van der Waals surface area contributed by atoms with Gasteiger partial charge in [-0.2, -0.15) is 0 Å². The van der Waals surface area contributed by atoms with Crippen molar-refractivity contribution in [3.63, 3.8) is 0 Å². The average molecular weight is 406 g/mol. The number of hydrogen-bond donors (Lipinski definition) is 2. The maximum atomic E-state index is 12.2. The molecule has 0 saturated carbocycles. The molecule has 0 aliphatic rings. The fourth-order valence-corrected chi connectivity index (χ4v) is 2.98. The number of benzene rings is 1. The Morgan fingerprint density at radius 1 is 0.966 bits per heavy atom. The minimum atomic E-state index is -0.350. The van der Waals surface area contributed by atoms with Gasteiger partial charge in [0.25, 0.3) is 0 Å². The van der Waals surface area contributed by atoms with Gasteiger partial charge in [0.2, 0.25) is 0 Å². The summed E-state index contributed by atoms with van der Waals surface area (Å²) in [6.45, 7) is 8.34. The molecule has 0 aromatic heterocycles. The van der Waals surface area contributed by atoms with Gasteiger partial charge in [-0.15, -0.1) is 0 Å². The number of aromatic hydroxyl groups is 1. The van der Waals surface area contributed by atoms with Crippen molar-refractivity contribution in [1.29, 1.82) is 0 Å². The van der Waals surface area contributed by atoms with Crippen LogP contribution in [-0.2, 0) is 4.79 Å². The van der Waals surface area contributed by atoms with E-state index in [1.165, 1.54) is 50.7 Å². The maximum absolute atomic E-state index is 12.2. The summed E-state index contributed by atoms with van der Waals surface area (Å²) in [5, 5.41) is 13.2. The highest BCUT2D eigenvalue weighted by Gasteiger charge is 2.15. The lowest BCUT2D eigenvalue weighted by Crippen LogP contribution is -2.39. The molecule has 0 amide bonds. The lowest BCUT2D eigenvalue weighted by Gasteiger charge is -2.19. The highest BCUT2D eigenvalue weighted by atomic mass is 16.5. The minimum Gasteiger partial charge on any atom is -0.504 e. The summed E-state index contributed by atoms with van der Waals surface area (Å²) in [5.74, 6) is -0.558. The molecular weight excluding hydrogens is 366 g/mol. The van der Waals surface area contributed by atoms with Crippen molar-refractivity contribution >= 4 is 11.8 Å². The highest BCUT2D eigenvalue weighted by molar-refractivity contribution is 5.98. The Balaban J connectivity index is 2.31. The number of hydrogen-bond acceptors (Lipinski definition) is 5. The monoisotopic (exact) mass is 405 g/mol. The zero-order valence-corrected chi connectivity index (χ0v) is 18.7. The molecule has 1 rings (SSSR count). The van der Waals surface area contributed by atoms with Crippen LogP contribution in [0.2, 0.25) is 0 Å². The quantitative estimate of drug-likeness (QED) is 0.177. The molecule has 2 N–H and O–H groups in total. The first-order valence-electron chi connectivity index (χ1n) is 11.0. The molecule has 0 bridgehead atoms. The zero-order valence-electron chi connectivity index (χ0n) is 18.7. The number of unbranched alkanes of at least 4 members (excludes halogenated alkanes) is 8. The van der Waals surface area contributed by atoms with Gasteiger partial charge in [0.05, 0.1) is 6.54 Å². The van der Waals surface area contributed by atoms with Crippen molar-refractivity contribution < 1.29 is 19.4 Å². The van der Waals surface area contributed by atoms with Crippen molar-refractivity contribution in [3.8, 4) is 11.5 Å². The molecule has 0 aliphatic carbocycles. The van der Waals surface area contributed by atoms with Crippen LogP contribution in [0.5, 0.6) is 11.5 Å². The second kappa shape index (κ2) is 13.4. The number of phenolic OH excluding ortho intramolecular Hbond substituents is 1. The largest absolute Gasteiger partial charge is 0.504 e. The second-order valence-electron chi connectivity index (χ2n) is 8.76. The Morgan fingerprint density at radius 3 is 2.10 bits per heavy atom. The van der Waals surface area contributed by atoms with Crippen molar-refractivity contribution in [2.24, 2.45) is 0 Å². The maximum Gasteiger partial charge on any atom is 0.311 e. The normalized spacial score (nSPS) is 11.4. The van der Waals surface area contributed by atoms with Gasteiger partial charge in [-0.1, -0.05) is 58.3 Å². The molecule has 1 aromatic rings. The molecule has 0 saturated heterocycles. The van der Waals surface area contributed by atoms with Gasteiger partial charge >= 0.3 is 5.97 Å². The van der Waals surface area contributed by atoms with E-state index in [0.29, 0.717) is 12.0 Å². The van der Waals surface area contributed by atoms with Crippen LogP contribution >= 0.6 is 0 Å². The molecule has 5 heteroatoms. The van der Waals surface area contributed by atoms with Crippen LogP contribution in [-0.4, -0.2) is 28.9 Å². The van der Waals surface area contributed by atoms with Gasteiger partial charge in [0.15, 0.2) is 17.3 Å². The topological polar surface area (TPSA) is 75.6 Å². The highest BCUT2D eigenvalue weighted by Crippen LogP contribution is 2.27. The molecule has 0 spiro atoms. The standard InChI is InChI=1S/C24H39NO4/c1-5-6-7-8-9-10-11-12-13-14-23(28)29-22-16-15-19(17-20(22)26)21(27)18-25-24(2,3)4/h15-17,25-26H,5-14,18H2,1-4H3. The number of phenols is 1. The van der Waals surface area contributed by atoms with Crippen LogP contribution < -0.4 is 10.1 Å². The van der Waals surface area contributed by atoms with Gasteiger partial charge in [-0.25, -0.2) is 0 Å². The van der Waals surface area contributed by atoms with E-state index in [0.717, 1.165) is 19.3 Å². The molecule has 0 radical (unpaired) electrons. The fraction of sp³-hybridized carbons (Fsp3) is 0.667. The van der Waals surface area contributed by atoms with Crippen LogP contribution in [0.3, 0.4) is 0 Å². The number of nitrogens with one attached hydrogen (secondary N) is 1. The minimum absolute atomic E-state index is 0.103. The van der Waals surface area contributed by atoms with E-state index < -0.39 is 0 Å². The summed E-state index contributed by atoms with van der Waals surface area (Å²) in [4.78, 5) is 24.2. The summed E-state index contributed by atoms with van der Waals surface area (Å²) in [5.41, 5.74) is 0.223. The van der Waals surface area contributed by atoms with Crippen LogP contribution in [0.4, 0.5) is 0 Å². The third kappa shape index (κ3) is 11.6. The van der Waals surface area contributed by atoms with Crippen LogP contribution in [0, 0.1) is 0 Å². The molecule has 1 aromatic carbocycles. The number of ketones is 1. The first kappa shape index (κ1) is 25.2. The molecule has 0 fully saturated rings. The lowest BCUT2D eigenvalue weighted by molar-refractivity contribution is -0.134. The van der Waals surface area contributed by atoms with E-state index in [1.54, 1.807) is 6.07 Å². The van der Waals surface area contributed by atoms with Gasteiger partial charge in [-0.3, -0.25) is 9.59 Å². The van der Waals surface area contributed by atoms with E-state index >= 15 is 0 Å². The van der Waals surface area contributed by atoms with E-state index in [1.807, 2.05) is 20.8 Å². The Hall–Kier alpha value is -1.88. The number of esters is 1. The summed E-state index contributed by atoms with van der Waals surface area (Å²) < 4.78 is 5.25. The van der Waals surface area contributed by atoms with Crippen LogP contribution in [0.25, 0.3) is 0 Å². The lowest BCUT2D eigenvalue weighted by atomic mass is 10.1.